The highest BCUT2D eigenvalue weighted by Gasteiger charge is 2.34. The van der Waals surface area contributed by atoms with Crippen LogP contribution in [0.3, 0.4) is 0 Å². The lowest BCUT2D eigenvalue weighted by Gasteiger charge is -2.42. The second-order valence-electron chi connectivity index (χ2n) is 4.37. The molecule has 0 aliphatic carbocycles. The molecule has 0 spiro atoms. The summed E-state index contributed by atoms with van der Waals surface area (Å²) in [4.78, 5) is 14.0. The highest BCUT2D eigenvalue weighted by molar-refractivity contribution is 5.85. The Balaban J connectivity index is 0.00000112. The number of nitrogens with zero attached hydrogens (tertiary/aromatic N) is 1. The number of piperazine rings is 1. The maximum Gasteiger partial charge on any atom is 0.228 e. The minimum Gasteiger partial charge on any atom is -0.337 e. The largest absolute Gasteiger partial charge is 0.337 e. The Morgan fingerprint density at radius 3 is 2.53 bits per heavy atom. The first-order valence-electron chi connectivity index (χ1n) is 5.44. The van der Waals surface area contributed by atoms with Crippen molar-refractivity contribution < 1.29 is 4.79 Å². The van der Waals surface area contributed by atoms with Crippen LogP contribution in [0.25, 0.3) is 0 Å². The van der Waals surface area contributed by atoms with Crippen molar-refractivity contribution in [2.24, 2.45) is 5.92 Å². The predicted octanol–water partition coefficient (Wildman–Crippen LogP) is -0.164. The van der Waals surface area contributed by atoms with E-state index in [0.29, 0.717) is 18.0 Å². The number of hydrogen-bond donors (Lipinski definition) is 2. The summed E-state index contributed by atoms with van der Waals surface area (Å²) >= 11 is 0. The standard InChI is InChI=1S/C10H19N3O.ClH/c1-7-8(2)13(4-3-12-7)10(14)9-5-11-6-9;/h7-9,11-12H,3-6H2,1-2H3;1H. The van der Waals surface area contributed by atoms with Crippen molar-refractivity contribution in [1.29, 1.82) is 0 Å². The second-order valence-corrected chi connectivity index (χ2v) is 4.37. The minimum atomic E-state index is 0. The first-order chi connectivity index (χ1) is 6.70. The van der Waals surface area contributed by atoms with E-state index in [1.54, 1.807) is 0 Å². The molecular formula is C10H20ClN3O. The van der Waals surface area contributed by atoms with Crippen molar-refractivity contribution in [3.8, 4) is 0 Å². The van der Waals surface area contributed by atoms with E-state index in [4.69, 9.17) is 0 Å². The number of halogens is 1. The van der Waals surface area contributed by atoms with Crippen LogP contribution in [0.2, 0.25) is 0 Å². The fourth-order valence-corrected chi connectivity index (χ4v) is 2.07. The van der Waals surface area contributed by atoms with Gasteiger partial charge in [0.05, 0.1) is 5.92 Å². The van der Waals surface area contributed by atoms with Gasteiger partial charge in [0.1, 0.15) is 0 Å². The molecule has 2 saturated heterocycles. The number of carbonyl (C=O) groups excluding carboxylic acids is 1. The van der Waals surface area contributed by atoms with Gasteiger partial charge in [-0.15, -0.1) is 12.4 Å². The molecule has 0 saturated carbocycles. The molecule has 2 aliphatic rings. The van der Waals surface area contributed by atoms with Gasteiger partial charge in [0.25, 0.3) is 0 Å². The molecule has 0 aromatic heterocycles. The summed E-state index contributed by atoms with van der Waals surface area (Å²) in [7, 11) is 0. The number of amides is 1. The van der Waals surface area contributed by atoms with Crippen LogP contribution >= 0.6 is 12.4 Å². The Kier molecular flexibility index (Phi) is 4.37. The molecule has 0 aromatic carbocycles. The van der Waals surface area contributed by atoms with Crippen molar-refractivity contribution in [3.05, 3.63) is 0 Å². The third kappa shape index (κ3) is 2.44. The number of carbonyl (C=O) groups is 1. The zero-order valence-electron chi connectivity index (χ0n) is 9.32. The van der Waals surface area contributed by atoms with E-state index in [1.807, 2.05) is 4.90 Å². The van der Waals surface area contributed by atoms with Gasteiger partial charge in [-0.1, -0.05) is 0 Å². The molecule has 0 bridgehead atoms. The summed E-state index contributed by atoms with van der Waals surface area (Å²) in [6.07, 6.45) is 0. The number of nitrogens with one attached hydrogen (secondary N) is 2. The van der Waals surface area contributed by atoms with E-state index < -0.39 is 0 Å². The third-order valence-electron chi connectivity index (χ3n) is 3.45. The van der Waals surface area contributed by atoms with Crippen molar-refractivity contribution in [2.75, 3.05) is 26.2 Å². The lowest BCUT2D eigenvalue weighted by Crippen LogP contribution is -2.61. The first kappa shape index (κ1) is 12.7. The quantitative estimate of drug-likeness (QED) is 0.662. The van der Waals surface area contributed by atoms with E-state index in [1.165, 1.54) is 0 Å². The van der Waals surface area contributed by atoms with Gasteiger partial charge in [0, 0.05) is 38.3 Å². The fourth-order valence-electron chi connectivity index (χ4n) is 2.07. The van der Waals surface area contributed by atoms with Gasteiger partial charge in [-0.25, -0.2) is 0 Å². The molecule has 4 nitrogen and oxygen atoms in total. The zero-order chi connectivity index (χ0) is 10.1. The fraction of sp³-hybridized carbons (Fsp3) is 0.900. The summed E-state index contributed by atoms with van der Waals surface area (Å²) in [6, 6.07) is 0.748. The Morgan fingerprint density at radius 2 is 2.00 bits per heavy atom. The van der Waals surface area contributed by atoms with E-state index >= 15 is 0 Å². The molecule has 15 heavy (non-hydrogen) atoms. The van der Waals surface area contributed by atoms with Crippen LogP contribution in [0.1, 0.15) is 13.8 Å². The zero-order valence-corrected chi connectivity index (χ0v) is 10.1. The summed E-state index contributed by atoms with van der Waals surface area (Å²) in [6.45, 7) is 7.79. The van der Waals surface area contributed by atoms with Crippen LogP contribution < -0.4 is 10.6 Å². The SMILES string of the molecule is CC1NCCN(C(=O)C2CNC2)C1C.Cl. The monoisotopic (exact) mass is 233 g/mol. The van der Waals surface area contributed by atoms with Gasteiger partial charge in [0.2, 0.25) is 5.91 Å². The third-order valence-corrected chi connectivity index (χ3v) is 3.45. The van der Waals surface area contributed by atoms with Gasteiger partial charge < -0.3 is 15.5 Å². The van der Waals surface area contributed by atoms with Crippen LogP contribution in [0.5, 0.6) is 0 Å². The molecule has 2 atom stereocenters. The van der Waals surface area contributed by atoms with E-state index in [0.717, 1.165) is 26.2 Å². The Hall–Kier alpha value is -0.320. The Labute approximate surface area is 97.2 Å². The topological polar surface area (TPSA) is 44.4 Å². The molecule has 2 aliphatic heterocycles. The summed E-state index contributed by atoms with van der Waals surface area (Å²) < 4.78 is 0. The molecule has 2 fully saturated rings. The van der Waals surface area contributed by atoms with Crippen molar-refractivity contribution in [2.45, 2.75) is 25.9 Å². The highest BCUT2D eigenvalue weighted by atomic mass is 35.5. The van der Waals surface area contributed by atoms with Gasteiger partial charge >= 0.3 is 0 Å². The van der Waals surface area contributed by atoms with Crippen molar-refractivity contribution in [3.63, 3.8) is 0 Å². The average molecular weight is 234 g/mol. The molecular weight excluding hydrogens is 214 g/mol. The number of rotatable bonds is 1. The van der Waals surface area contributed by atoms with Crippen molar-refractivity contribution in [1.82, 2.24) is 15.5 Å². The molecule has 88 valence electrons. The predicted molar refractivity (Wildman–Crippen MR) is 62.2 cm³/mol. The van der Waals surface area contributed by atoms with Crippen LogP contribution in [0.4, 0.5) is 0 Å². The van der Waals surface area contributed by atoms with Crippen LogP contribution in [0, 0.1) is 5.92 Å². The Bertz CT molecular complexity index is 233. The van der Waals surface area contributed by atoms with E-state index in [9.17, 15) is 4.79 Å². The molecule has 0 aromatic rings. The van der Waals surface area contributed by atoms with Gasteiger partial charge in [-0.05, 0) is 13.8 Å². The molecule has 2 N–H and O–H groups in total. The van der Waals surface area contributed by atoms with Crippen LogP contribution in [-0.4, -0.2) is 49.1 Å². The maximum absolute atomic E-state index is 12.0. The summed E-state index contributed by atoms with van der Waals surface area (Å²) in [5.74, 6) is 0.576. The molecule has 2 heterocycles. The maximum atomic E-state index is 12.0. The summed E-state index contributed by atoms with van der Waals surface area (Å²) in [5, 5.41) is 6.53. The normalized spacial score (nSPS) is 31.7. The lowest BCUT2D eigenvalue weighted by atomic mass is 9.98. The number of hydrogen-bond acceptors (Lipinski definition) is 3. The molecule has 1 amide bonds. The molecule has 5 heteroatoms. The average Bonchev–Trinajstić information content (AvgIpc) is 2.06. The molecule has 0 radical (unpaired) electrons. The van der Waals surface area contributed by atoms with Crippen molar-refractivity contribution >= 4 is 18.3 Å². The van der Waals surface area contributed by atoms with Gasteiger partial charge in [0.15, 0.2) is 0 Å². The van der Waals surface area contributed by atoms with E-state index in [-0.39, 0.29) is 18.3 Å². The Morgan fingerprint density at radius 1 is 1.33 bits per heavy atom. The first-order valence-corrected chi connectivity index (χ1v) is 5.44. The van der Waals surface area contributed by atoms with Gasteiger partial charge in [-0.3, -0.25) is 4.79 Å². The van der Waals surface area contributed by atoms with E-state index in [2.05, 4.69) is 24.5 Å². The minimum absolute atomic E-state index is 0. The van der Waals surface area contributed by atoms with Gasteiger partial charge in [-0.2, -0.15) is 0 Å². The second kappa shape index (κ2) is 5.14. The smallest absolute Gasteiger partial charge is 0.228 e. The van der Waals surface area contributed by atoms with Crippen LogP contribution in [-0.2, 0) is 4.79 Å². The summed E-state index contributed by atoms with van der Waals surface area (Å²) in [5.41, 5.74) is 0. The molecule has 2 rings (SSSR count). The van der Waals surface area contributed by atoms with Crippen LogP contribution in [0.15, 0.2) is 0 Å². The highest BCUT2D eigenvalue weighted by Crippen LogP contribution is 2.15. The molecule has 2 unspecified atom stereocenters. The lowest BCUT2D eigenvalue weighted by molar-refractivity contribution is -0.140.